The molecule has 20 heavy (non-hydrogen) atoms. The molecule has 2 aliphatic rings. The van der Waals surface area contributed by atoms with Crippen molar-refractivity contribution in [3.63, 3.8) is 0 Å². The van der Waals surface area contributed by atoms with Gasteiger partial charge in [0.1, 0.15) is 12.7 Å². The van der Waals surface area contributed by atoms with Crippen molar-refractivity contribution in [2.75, 3.05) is 19.8 Å². The van der Waals surface area contributed by atoms with Gasteiger partial charge >= 0.3 is 11.9 Å². The summed E-state index contributed by atoms with van der Waals surface area (Å²) in [6.07, 6.45) is 2.86. The molecule has 2 saturated heterocycles. The number of ether oxygens (including phenoxy) is 3. The maximum atomic E-state index is 10.7. The molecule has 0 bridgehead atoms. The fourth-order valence-electron chi connectivity index (χ4n) is 1.06. The number of carboxylic acid groups (broad SMARTS) is 1. The monoisotopic (exact) mass is 284 g/mol. The number of esters is 1. The lowest BCUT2D eigenvalue weighted by molar-refractivity contribution is -0.139. The molecular weight excluding hydrogens is 264 g/mol. The van der Waals surface area contributed by atoms with E-state index in [-0.39, 0.29) is 18.2 Å². The van der Waals surface area contributed by atoms with Crippen molar-refractivity contribution in [3.8, 4) is 0 Å². The molecule has 112 valence electrons. The van der Waals surface area contributed by atoms with Crippen LogP contribution in [0, 0.1) is 0 Å². The van der Waals surface area contributed by atoms with Crippen molar-refractivity contribution in [2.24, 2.45) is 0 Å². The number of hydrogen-bond donors (Lipinski definition) is 1. The second kappa shape index (κ2) is 7.81. The van der Waals surface area contributed by atoms with Crippen LogP contribution in [0.1, 0.15) is 20.3 Å². The summed E-state index contributed by atoms with van der Waals surface area (Å²) in [6.45, 7) is 8.51. The zero-order valence-corrected chi connectivity index (χ0v) is 11.8. The van der Waals surface area contributed by atoms with E-state index in [0.29, 0.717) is 24.4 Å². The summed E-state index contributed by atoms with van der Waals surface area (Å²) in [5, 5.41) is 8.41. The third kappa shape index (κ3) is 7.70. The minimum absolute atomic E-state index is 0.142. The molecule has 2 heterocycles. The molecule has 0 radical (unpaired) electrons. The van der Waals surface area contributed by atoms with E-state index in [4.69, 9.17) is 19.3 Å². The van der Waals surface area contributed by atoms with Gasteiger partial charge in [-0.05, 0) is 20.3 Å². The molecule has 0 saturated carbocycles. The molecule has 2 aliphatic heterocycles. The van der Waals surface area contributed by atoms with Crippen LogP contribution in [-0.2, 0) is 23.8 Å². The first-order valence-electron chi connectivity index (χ1n) is 6.36. The number of carbonyl (C=O) groups is 2. The predicted octanol–water partition coefficient (Wildman–Crippen LogP) is 1.31. The molecule has 0 aromatic carbocycles. The number of epoxide rings is 2. The van der Waals surface area contributed by atoms with Crippen LogP contribution in [0.25, 0.3) is 0 Å². The van der Waals surface area contributed by atoms with Crippen LogP contribution in [0.3, 0.4) is 0 Å². The number of hydrogen-bond acceptors (Lipinski definition) is 5. The topological polar surface area (TPSA) is 88.7 Å². The number of aliphatic carboxylic acids is 1. The van der Waals surface area contributed by atoms with E-state index in [1.807, 2.05) is 0 Å². The van der Waals surface area contributed by atoms with Crippen LogP contribution in [0.4, 0.5) is 0 Å². The zero-order valence-electron chi connectivity index (χ0n) is 11.8. The van der Waals surface area contributed by atoms with Crippen molar-refractivity contribution in [1.82, 2.24) is 0 Å². The summed E-state index contributed by atoms with van der Waals surface area (Å²) in [6, 6.07) is 0. The highest BCUT2D eigenvalue weighted by Gasteiger charge is 2.24. The van der Waals surface area contributed by atoms with Gasteiger partial charge in [0.25, 0.3) is 0 Å². The lowest BCUT2D eigenvalue weighted by atomic mass is 10.2. The molecule has 2 fully saturated rings. The summed E-state index contributed by atoms with van der Waals surface area (Å²) < 4.78 is 14.5. The van der Waals surface area contributed by atoms with Gasteiger partial charge in [-0.3, -0.25) is 0 Å². The van der Waals surface area contributed by atoms with E-state index in [1.54, 1.807) is 19.9 Å². The number of rotatable bonds is 6. The first kappa shape index (κ1) is 16.4. The molecule has 2 unspecified atom stereocenters. The lowest BCUT2D eigenvalue weighted by Gasteiger charge is -1.99. The molecule has 0 spiro atoms. The van der Waals surface area contributed by atoms with Gasteiger partial charge in [0.15, 0.2) is 0 Å². The maximum absolute atomic E-state index is 10.7. The van der Waals surface area contributed by atoms with Crippen molar-refractivity contribution in [2.45, 2.75) is 32.5 Å². The van der Waals surface area contributed by atoms with Gasteiger partial charge in [0, 0.05) is 11.1 Å². The summed E-state index contributed by atoms with van der Waals surface area (Å²) in [5.74, 6) is -1.18. The van der Waals surface area contributed by atoms with Gasteiger partial charge in [-0.25, -0.2) is 9.59 Å². The van der Waals surface area contributed by atoms with Crippen LogP contribution in [0.15, 0.2) is 23.8 Å². The fourth-order valence-corrected chi connectivity index (χ4v) is 1.06. The lowest BCUT2D eigenvalue weighted by Crippen LogP contribution is -2.09. The predicted molar refractivity (Wildman–Crippen MR) is 71.3 cm³/mol. The highest BCUT2D eigenvalue weighted by Crippen LogP contribution is 2.14. The Kier molecular flexibility index (Phi) is 6.41. The second-order valence-corrected chi connectivity index (χ2v) is 4.72. The van der Waals surface area contributed by atoms with Crippen molar-refractivity contribution < 1.29 is 28.9 Å². The quantitative estimate of drug-likeness (QED) is 0.449. The van der Waals surface area contributed by atoms with E-state index < -0.39 is 5.97 Å². The molecule has 6 nitrogen and oxygen atoms in total. The summed E-state index contributed by atoms with van der Waals surface area (Å²) in [5.41, 5.74) is 0.830. The Morgan fingerprint density at radius 1 is 1.30 bits per heavy atom. The van der Waals surface area contributed by atoms with Gasteiger partial charge in [0.05, 0.1) is 19.3 Å². The SMILES string of the molecule is C=C(C)C(=O)OCC1CO1.CC(=CCC1CO1)C(=O)O. The Balaban J connectivity index is 0.000000200. The molecular formula is C14H20O6. The van der Waals surface area contributed by atoms with Gasteiger partial charge in [-0.1, -0.05) is 12.7 Å². The van der Waals surface area contributed by atoms with Gasteiger partial charge in [-0.2, -0.15) is 0 Å². The Morgan fingerprint density at radius 2 is 1.85 bits per heavy atom. The molecule has 0 aromatic heterocycles. The minimum Gasteiger partial charge on any atom is -0.478 e. The van der Waals surface area contributed by atoms with Crippen LogP contribution in [0.2, 0.25) is 0 Å². The Morgan fingerprint density at radius 3 is 2.25 bits per heavy atom. The zero-order chi connectivity index (χ0) is 15.1. The average molecular weight is 284 g/mol. The Hall–Kier alpha value is -1.66. The third-order valence-electron chi connectivity index (χ3n) is 2.58. The highest BCUT2D eigenvalue weighted by molar-refractivity contribution is 5.87. The molecule has 6 heteroatoms. The molecule has 1 N–H and O–H groups in total. The Bertz CT molecular complexity index is 404. The smallest absolute Gasteiger partial charge is 0.333 e. The summed E-state index contributed by atoms with van der Waals surface area (Å²) in [4.78, 5) is 20.9. The van der Waals surface area contributed by atoms with E-state index in [9.17, 15) is 9.59 Å². The van der Waals surface area contributed by atoms with E-state index in [1.165, 1.54) is 0 Å². The number of carbonyl (C=O) groups excluding carboxylic acids is 1. The molecule has 0 aromatic rings. The first-order chi connectivity index (χ1) is 9.40. The Labute approximate surface area is 118 Å². The van der Waals surface area contributed by atoms with E-state index in [0.717, 1.165) is 13.0 Å². The van der Waals surface area contributed by atoms with Crippen LogP contribution < -0.4 is 0 Å². The second-order valence-electron chi connectivity index (χ2n) is 4.72. The van der Waals surface area contributed by atoms with Gasteiger partial charge < -0.3 is 19.3 Å². The summed E-state index contributed by atoms with van der Waals surface area (Å²) >= 11 is 0. The van der Waals surface area contributed by atoms with Crippen LogP contribution >= 0.6 is 0 Å². The third-order valence-corrected chi connectivity index (χ3v) is 2.58. The van der Waals surface area contributed by atoms with Crippen molar-refractivity contribution in [1.29, 1.82) is 0 Å². The molecule has 0 aliphatic carbocycles. The largest absolute Gasteiger partial charge is 0.478 e. The normalized spacial score (nSPS) is 23.2. The van der Waals surface area contributed by atoms with Crippen LogP contribution in [-0.4, -0.2) is 49.1 Å². The molecule has 2 atom stereocenters. The van der Waals surface area contributed by atoms with Gasteiger partial charge in [-0.15, -0.1) is 0 Å². The van der Waals surface area contributed by atoms with Crippen molar-refractivity contribution >= 4 is 11.9 Å². The minimum atomic E-state index is -0.847. The average Bonchev–Trinajstić information content (AvgIpc) is 3.27. The highest BCUT2D eigenvalue weighted by atomic mass is 16.6. The maximum Gasteiger partial charge on any atom is 0.333 e. The van der Waals surface area contributed by atoms with E-state index in [2.05, 4.69) is 6.58 Å². The van der Waals surface area contributed by atoms with Crippen LogP contribution in [0.5, 0.6) is 0 Å². The standard InChI is InChI=1S/2C7H10O3/c1-5(2)7(8)10-4-6-3-9-6;1-5(7(8)9)2-3-6-4-10-6/h6H,1,3-4H2,2H3;2,6H,3-4H2,1H3,(H,8,9). The van der Waals surface area contributed by atoms with Gasteiger partial charge in [0.2, 0.25) is 0 Å². The molecule has 2 rings (SSSR count). The summed E-state index contributed by atoms with van der Waals surface area (Å²) in [7, 11) is 0. The first-order valence-corrected chi connectivity index (χ1v) is 6.36. The molecule has 0 amide bonds. The van der Waals surface area contributed by atoms with E-state index >= 15 is 0 Å². The van der Waals surface area contributed by atoms with Crippen molar-refractivity contribution in [3.05, 3.63) is 23.8 Å². The fraction of sp³-hybridized carbons (Fsp3) is 0.571. The number of carboxylic acids is 1.